The standard InChI is InChI=1S/C13H16ClF2NO/c1-7(4-8-2-3-8)13(17,18)12-10(15)5-9(14)6-11(12)16/h5-8,18H,2-4,17H2,1H3. The first-order chi connectivity index (χ1) is 8.32. The minimum Gasteiger partial charge on any atom is -0.371 e. The highest BCUT2D eigenvalue weighted by Gasteiger charge is 2.39. The second-order valence-electron chi connectivity index (χ2n) is 5.15. The Morgan fingerprint density at radius 3 is 2.39 bits per heavy atom. The van der Waals surface area contributed by atoms with Crippen LogP contribution in [0.25, 0.3) is 0 Å². The lowest BCUT2D eigenvalue weighted by atomic mass is 9.86. The van der Waals surface area contributed by atoms with Crippen LogP contribution in [0.4, 0.5) is 8.78 Å². The van der Waals surface area contributed by atoms with Gasteiger partial charge in [0.05, 0.1) is 5.56 Å². The molecule has 1 saturated carbocycles. The molecule has 100 valence electrons. The van der Waals surface area contributed by atoms with E-state index in [0.717, 1.165) is 25.0 Å². The summed E-state index contributed by atoms with van der Waals surface area (Å²) >= 11 is 5.54. The average Bonchev–Trinajstić information content (AvgIpc) is 2.98. The minimum absolute atomic E-state index is 0.0561. The zero-order valence-electron chi connectivity index (χ0n) is 10.1. The van der Waals surface area contributed by atoms with Crippen molar-refractivity contribution in [3.8, 4) is 0 Å². The van der Waals surface area contributed by atoms with Gasteiger partial charge in [-0.3, -0.25) is 5.73 Å². The lowest BCUT2D eigenvalue weighted by Crippen LogP contribution is -2.44. The normalized spacial score (nSPS) is 20.6. The van der Waals surface area contributed by atoms with Gasteiger partial charge >= 0.3 is 0 Å². The largest absolute Gasteiger partial charge is 0.371 e. The first-order valence-electron chi connectivity index (χ1n) is 5.98. The van der Waals surface area contributed by atoms with Crippen LogP contribution in [0.5, 0.6) is 0 Å². The van der Waals surface area contributed by atoms with Gasteiger partial charge in [0.25, 0.3) is 0 Å². The zero-order valence-corrected chi connectivity index (χ0v) is 10.8. The number of rotatable bonds is 4. The van der Waals surface area contributed by atoms with Crippen molar-refractivity contribution >= 4 is 11.6 Å². The van der Waals surface area contributed by atoms with E-state index < -0.39 is 28.8 Å². The molecule has 2 nitrogen and oxygen atoms in total. The van der Waals surface area contributed by atoms with Crippen LogP contribution in [0.15, 0.2) is 12.1 Å². The Balaban J connectivity index is 2.32. The van der Waals surface area contributed by atoms with Crippen molar-refractivity contribution in [2.45, 2.75) is 31.9 Å². The van der Waals surface area contributed by atoms with E-state index in [0.29, 0.717) is 12.3 Å². The first-order valence-corrected chi connectivity index (χ1v) is 6.36. The number of hydrogen-bond donors (Lipinski definition) is 2. The lowest BCUT2D eigenvalue weighted by molar-refractivity contribution is -0.0228. The van der Waals surface area contributed by atoms with Crippen LogP contribution in [0.2, 0.25) is 5.02 Å². The van der Waals surface area contributed by atoms with Crippen molar-refractivity contribution in [1.82, 2.24) is 0 Å². The van der Waals surface area contributed by atoms with E-state index in [9.17, 15) is 13.9 Å². The predicted molar refractivity (Wildman–Crippen MR) is 66.0 cm³/mol. The summed E-state index contributed by atoms with van der Waals surface area (Å²) in [6.07, 6.45) is 2.84. The number of nitrogens with two attached hydrogens (primary N) is 1. The van der Waals surface area contributed by atoms with Gasteiger partial charge in [0.15, 0.2) is 0 Å². The lowest BCUT2D eigenvalue weighted by Gasteiger charge is -2.31. The molecular weight excluding hydrogens is 260 g/mol. The van der Waals surface area contributed by atoms with E-state index in [1.165, 1.54) is 0 Å². The van der Waals surface area contributed by atoms with Gasteiger partial charge in [0.1, 0.15) is 17.4 Å². The summed E-state index contributed by atoms with van der Waals surface area (Å²) in [5.74, 6) is -1.73. The fourth-order valence-electron chi connectivity index (χ4n) is 2.20. The van der Waals surface area contributed by atoms with E-state index in [4.69, 9.17) is 17.3 Å². The summed E-state index contributed by atoms with van der Waals surface area (Å²) in [6, 6.07) is 1.92. The molecule has 2 atom stereocenters. The molecule has 5 heteroatoms. The van der Waals surface area contributed by atoms with Crippen molar-refractivity contribution < 1.29 is 13.9 Å². The quantitative estimate of drug-likeness (QED) is 0.829. The van der Waals surface area contributed by atoms with Crippen LogP contribution in [-0.4, -0.2) is 5.11 Å². The second-order valence-corrected chi connectivity index (χ2v) is 5.59. The Kier molecular flexibility index (Phi) is 3.63. The number of benzene rings is 1. The Hall–Kier alpha value is -0.710. The molecule has 0 saturated heterocycles. The zero-order chi connectivity index (χ0) is 13.5. The molecule has 0 aromatic heterocycles. The SMILES string of the molecule is CC(CC1CC1)C(N)(O)c1c(F)cc(Cl)cc1F. The molecule has 0 bridgehead atoms. The Bertz CT molecular complexity index is 437. The molecule has 1 fully saturated rings. The molecule has 0 amide bonds. The maximum Gasteiger partial charge on any atom is 0.147 e. The van der Waals surface area contributed by atoms with Crippen molar-refractivity contribution in [2.75, 3.05) is 0 Å². The summed E-state index contributed by atoms with van der Waals surface area (Å²) in [4.78, 5) is 0. The molecule has 1 aliphatic carbocycles. The van der Waals surface area contributed by atoms with Gasteiger partial charge in [-0.05, 0) is 24.5 Å². The molecule has 1 aromatic rings. The topological polar surface area (TPSA) is 46.2 Å². The fraction of sp³-hybridized carbons (Fsp3) is 0.538. The van der Waals surface area contributed by atoms with Gasteiger partial charge in [-0.1, -0.05) is 31.4 Å². The first kappa shape index (κ1) is 13.7. The van der Waals surface area contributed by atoms with Gasteiger partial charge in [-0.25, -0.2) is 8.78 Å². The maximum absolute atomic E-state index is 13.8. The van der Waals surface area contributed by atoms with Gasteiger partial charge in [0, 0.05) is 10.9 Å². The molecule has 3 N–H and O–H groups in total. The molecule has 0 radical (unpaired) electrons. The Morgan fingerprint density at radius 2 is 1.94 bits per heavy atom. The van der Waals surface area contributed by atoms with E-state index in [2.05, 4.69) is 0 Å². The molecule has 0 aliphatic heterocycles. The van der Waals surface area contributed by atoms with E-state index in [1.807, 2.05) is 0 Å². The van der Waals surface area contributed by atoms with E-state index in [1.54, 1.807) is 6.92 Å². The van der Waals surface area contributed by atoms with E-state index in [-0.39, 0.29) is 5.02 Å². The molecule has 0 spiro atoms. The number of halogens is 3. The molecule has 2 unspecified atom stereocenters. The molecular formula is C13H16ClF2NO. The summed E-state index contributed by atoms with van der Waals surface area (Å²) in [7, 11) is 0. The van der Waals surface area contributed by atoms with Crippen molar-refractivity contribution in [1.29, 1.82) is 0 Å². The highest BCUT2D eigenvalue weighted by Crippen LogP contribution is 2.40. The Labute approximate surface area is 110 Å². The van der Waals surface area contributed by atoms with Crippen molar-refractivity contribution in [3.05, 3.63) is 34.4 Å². The molecule has 2 rings (SSSR count). The molecule has 18 heavy (non-hydrogen) atoms. The van der Waals surface area contributed by atoms with Gasteiger partial charge < -0.3 is 5.11 Å². The molecule has 1 aliphatic rings. The maximum atomic E-state index is 13.8. The third-order valence-electron chi connectivity index (χ3n) is 3.54. The monoisotopic (exact) mass is 275 g/mol. The van der Waals surface area contributed by atoms with Crippen molar-refractivity contribution in [3.63, 3.8) is 0 Å². The van der Waals surface area contributed by atoms with Gasteiger partial charge in [-0.2, -0.15) is 0 Å². The Morgan fingerprint density at radius 1 is 1.44 bits per heavy atom. The van der Waals surface area contributed by atoms with Crippen molar-refractivity contribution in [2.24, 2.45) is 17.6 Å². The van der Waals surface area contributed by atoms with Crippen LogP contribution >= 0.6 is 11.6 Å². The van der Waals surface area contributed by atoms with Crippen LogP contribution in [0, 0.1) is 23.5 Å². The predicted octanol–water partition coefficient (Wildman–Crippen LogP) is 3.16. The van der Waals surface area contributed by atoms with Crippen LogP contribution in [0.3, 0.4) is 0 Å². The average molecular weight is 276 g/mol. The summed E-state index contributed by atoms with van der Waals surface area (Å²) in [5.41, 5.74) is 3.23. The summed E-state index contributed by atoms with van der Waals surface area (Å²) in [5, 5.41) is 10.2. The van der Waals surface area contributed by atoms with Gasteiger partial charge in [0.2, 0.25) is 0 Å². The third-order valence-corrected chi connectivity index (χ3v) is 3.76. The third kappa shape index (κ3) is 2.66. The highest BCUT2D eigenvalue weighted by atomic mass is 35.5. The summed E-state index contributed by atoms with van der Waals surface area (Å²) in [6.45, 7) is 1.70. The highest BCUT2D eigenvalue weighted by molar-refractivity contribution is 6.30. The number of aliphatic hydroxyl groups is 1. The minimum atomic E-state index is -2.01. The van der Waals surface area contributed by atoms with Crippen LogP contribution in [0.1, 0.15) is 31.7 Å². The molecule has 1 aromatic carbocycles. The van der Waals surface area contributed by atoms with Crippen LogP contribution in [-0.2, 0) is 5.72 Å². The fourth-order valence-corrected chi connectivity index (χ4v) is 2.40. The number of hydrogen-bond acceptors (Lipinski definition) is 2. The summed E-state index contributed by atoms with van der Waals surface area (Å²) < 4.78 is 27.5. The van der Waals surface area contributed by atoms with Crippen LogP contribution < -0.4 is 5.73 Å². The second kappa shape index (κ2) is 4.76. The van der Waals surface area contributed by atoms with E-state index >= 15 is 0 Å². The smallest absolute Gasteiger partial charge is 0.147 e. The molecule has 0 heterocycles. The van der Waals surface area contributed by atoms with Gasteiger partial charge in [-0.15, -0.1) is 0 Å².